The molecule has 0 spiro atoms. The van der Waals surface area contributed by atoms with E-state index < -0.39 is 35.6 Å². The lowest BCUT2D eigenvalue weighted by molar-refractivity contribution is -0.158. The van der Waals surface area contributed by atoms with Gasteiger partial charge in [0.2, 0.25) is 5.91 Å². The van der Waals surface area contributed by atoms with Crippen LogP contribution in [0.4, 0.5) is 10.6 Å². The van der Waals surface area contributed by atoms with E-state index >= 15 is 0 Å². The lowest BCUT2D eigenvalue weighted by Crippen LogP contribution is -2.55. The number of carbonyl (C=O) groups excluding carboxylic acids is 4. The number of rotatable bonds is 12. The van der Waals surface area contributed by atoms with Crippen molar-refractivity contribution in [2.24, 2.45) is 0 Å². The van der Waals surface area contributed by atoms with Crippen molar-refractivity contribution in [2.75, 3.05) is 44.7 Å². The van der Waals surface area contributed by atoms with E-state index in [0.29, 0.717) is 11.4 Å². The molecule has 44 heavy (non-hydrogen) atoms. The number of amides is 2. The van der Waals surface area contributed by atoms with Crippen molar-refractivity contribution in [3.05, 3.63) is 42.1 Å². The Morgan fingerprint density at radius 2 is 1.73 bits per heavy atom. The van der Waals surface area contributed by atoms with Gasteiger partial charge in [0, 0.05) is 37.2 Å². The normalized spacial score (nSPS) is 15.1. The molecule has 2 atom stereocenters. The van der Waals surface area contributed by atoms with Crippen LogP contribution in [0.25, 0.3) is 11.4 Å². The van der Waals surface area contributed by atoms with E-state index in [1.807, 2.05) is 18.2 Å². The summed E-state index contributed by atoms with van der Waals surface area (Å²) in [5.41, 5.74) is -0.0459. The summed E-state index contributed by atoms with van der Waals surface area (Å²) in [7, 11) is 0. The van der Waals surface area contributed by atoms with Gasteiger partial charge in [0.15, 0.2) is 5.82 Å². The van der Waals surface area contributed by atoms with E-state index in [1.54, 1.807) is 46.8 Å². The molecular formula is C30H42N6O8. The third-order valence-electron chi connectivity index (χ3n) is 6.34. The fourth-order valence-electron chi connectivity index (χ4n) is 4.27. The Hall–Kier alpha value is -4.30. The molecule has 0 radical (unpaired) electrons. The van der Waals surface area contributed by atoms with E-state index in [4.69, 9.17) is 14.3 Å². The maximum absolute atomic E-state index is 13.7. The van der Waals surface area contributed by atoms with Gasteiger partial charge in [-0.1, -0.05) is 30.3 Å². The minimum atomic E-state index is -1.07. The molecule has 2 heterocycles. The summed E-state index contributed by atoms with van der Waals surface area (Å²) in [5.74, 6) is -0.950. The summed E-state index contributed by atoms with van der Waals surface area (Å²) in [6, 6.07) is 9.10. The standard InChI is InChI=1S/C30H42N6O8/c1-6-42-29(41)44-36-16-14-35(15-17-36)28(40)22(12-13-25(38)43-30(3,4)5)33-27(39)23-18-24(31-20(2)19-37)34-26(32-23)21-10-8-7-9-11-21/h7-11,18,20,22,37H,6,12-17,19H2,1-5H3,(H,33,39)(H,31,32,34)/t20-,22+/m1/s1. The Morgan fingerprint density at radius 3 is 2.34 bits per heavy atom. The number of hydrogen-bond donors (Lipinski definition) is 3. The van der Waals surface area contributed by atoms with Crippen LogP contribution in [0.15, 0.2) is 36.4 Å². The molecule has 0 unspecified atom stereocenters. The molecule has 14 heteroatoms. The fraction of sp³-hybridized carbons (Fsp3) is 0.533. The van der Waals surface area contributed by atoms with Gasteiger partial charge < -0.3 is 35.0 Å². The molecule has 1 aromatic heterocycles. The molecule has 14 nitrogen and oxygen atoms in total. The third kappa shape index (κ3) is 10.8. The van der Waals surface area contributed by atoms with E-state index in [0.717, 1.165) is 0 Å². The summed E-state index contributed by atoms with van der Waals surface area (Å²) < 4.78 is 10.2. The van der Waals surface area contributed by atoms with Crippen molar-refractivity contribution >= 4 is 29.8 Å². The molecule has 3 rings (SSSR count). The highest BCUT2D eigenvalue weighted by Gasteiger charge is 2.31. The highest BCUT2D eigenvalue weighted by atomic mass is 16.8. The first kappa shape index (κ1) is 34.2. The maximum Gasteiger partial charge on any atom is 0.527 e. The van der Waals surface area contributed by atoms with Crippen LogP contribution in [0.2, 0.25) is 0 Å². The van der Waals surface area contributed by atoms with Crippen LogP contribution in [0.3, 0.4) is 0 Å². The maximum atomic E-state index is 13.7. The summed E-state index contributed by atoms with van der Waals surface area (Å²) in [6.07, 6.45) is -0.945. The van der Waals surface area contributed by atoms with Crippen LogP contribution < -0.4 is 10.6 Å². The fourth-order valence-corrected chi connectivity index (χ4v) is 4.27. The largest absolute Gasteiger partial charge is 0.527 e. The molecule has 240 valence electrons. The molecule has 1 aliphatic heterocycles. The van der Waals surface area contributed by atoms with Gasteiger partial charge in [0.25, 0.3) is 5.91 Å². The number of aromatic nitrogens is 2. The Balaban J connectivity index is 1.81. The predicted molar refractivity (Wildman–Crippen MR) is 160 cm³/mol. The monoisotopic (exact) mass is 614 g/mol. The number of piperazine rings is 1. The first-order valence-electron chi connectivity index (χ1n) is 14.6. The Bertz CT molecular complexity index is 1280. The van der Waals surface area contributed by atoms with Gasteiger partial charge in [-0.25, -0.2) is 14.8 Å². The zero-order valence-electron chi connectivity index (χ0n) is 25.9. The predicted octanol–water partition coefficient (Wildman–Crippen LogP) is 2.39. The van der Waals surface area contributed by atoms with E-state index in [9.17, 15) is 24.3 Å². The molecular weight excluding hydrogens is 572 g/mol. The topological polar surface area (TPSA) is 173 Å². The van der Waals surface area contributed by atoms with E-state index in [1.165, 1.54) is 16.0 Å². The second-order valence-corrected chi connectivity index (χ2v) is 11.2. The van der Waals surface area contributed by atoms with Crippen molar-refractivity contribution in [2.45, 2.75) is 65.1 Å². The van der Waals surface area contributed by atoms with Crippen LogP contribution in [0.1, 0.15) is 57.9 Å². The van der Waals surface area contributed by atoms with E-state index in [-0.39, 0.29) is 69.8 Å². The quantitative estimate of drug-likeness (QED) is 0.299. The second-order valence-electron chi connectivity index (χ2n) is 11.2. The molecule has 2 amide bonds. The number of hydroxylamine groups is 2. The second kappa shape index (κ2) is 16.0. The highest BCUT2D eigenvalue weighted by molar-refractivity contribution is 5.97. The van der Waals surface area contributed by atoms with Crippen molar-refractivity contribution < 1.29 is 38.6 Å². The minimum Gasteiger partial charge on any atom is -0.460 e. The van der Waals surface area contributed by atoms with Gasteiger partial charge in [-0.3, -0.25) is 14.4 Å². The first-order valence-corrected chi connectivity index (χ1v) is 14.6. The molecule has 3 N–H and O–H groups in total. The minimum absolute atomic E-state index is 0.00535. The van der Waals surface area contributed by atoms with Gasteiger partial charge >= 0.3 is 12.1 Å². The van der Waals surface area contributed by atoms with Crippen molar-refractivity contribution in [3.8, 4) is 11.4 Å². The average Bonchev–Trinajstić information content (AvgIpc) is 2.98. The SMILES string of the molecule is CCOC(=O)ON1CCN(C(=O)[C@H](CCC(=O)OC(C)(C)C)NC(=O)c2cc(N[C@H](C)CO)nc(-c3ccccc3)n2)CC1. The molecule has 1 saturated heterocycles. The molecule has 1 aromatic carbocycles. The number of carbonyl (C=O) groups is 4. The van der Waals surface area contributed by atoms with Crippen LogP contribution in [0.5, 0.6) is 0 Å². The van der Waals surface area contributed by atoms with Crippen molar-refractivity contribution in [1.29, 1.82) is 0 Å². The number of benzene rings is 1. The Morgan fingerprint density at radius 1 is 1.05 bits per heavy atom. The van der Waals surface area contributed by atoms with Crippen LogP contribution in [0, 0.1) is 0 Å². The summed E-state index contributed by atoms with van der Waals surface area (Å²) in [4.78, 5) is 67.1. The van der Waals surface area contributed by atoms with Crippen molar-refractivity contribution in [1.82, 2.24) is 25.2 Å². The Labute approximate surface area is 257 Å². The Kier molecular flexibility index (Phi) is 12.4. The van der Waals surface area contributed by atoms with Crippen LogP contribution >= 0.6 is 0 Å². The molecule has 1 fully saturated rings. The molecule has 0 bridgehead atoms. The van der Waals surface area contributed by atoms with Gasteiger partial charge in [-0.15, -0.1) is 5.06 Å². The highest BCUT2D eigenvalue weighted by Crippen LogP contribution is 2.19. The third-order valence-corrected chi connectivity index (χ3v) is 6.34. The van der Waals surface area contributed by atoms with Crippen molar-refractivity contribution in [3.63, 3.8) is 0 Å². The summed E-state index contributed by atoms with van der Waals surface area (Å²) in [6.45, 7) is 9.59. The van der Waals surface area contributed by atoms with Gasteiger partial charge in [0.05, 0.1) is 26.3 Å². The van der Waals surface area contributed by atoms with Crippen LogP contribution in [-0.4, -0.2) is 106 Å². The number of aliphatic hydroxyl groups is 1. The molecule has 2 aromatic rings. The molecule has 0 saturated carbocycles. The first-order chi connectivity index (χ1) is 20.9. The smallest absolute Gasteiger partial charge is 0.460 e. The van der Waals surface area contributed by atoms with Gasteiger partial charge in [0.1, 0.15) is 23.2 Å². The lowest BCUT2D eigenvalue weighted by atomic mass is 10.1. The number of nitrogens with one attached hydrogen (secondary N) is 2. The number of hydrogen-bond acceptors (Lipinski definition) is 12. The van der Waals surface area contributed by atoms with E-state index in [2.05, 4.69) is 20.6 Å². The number of nitrogens with zero attached hydrogens (tertiary/aromatic N) is 4. The molecule has 0 aliphatic carbocycles. The average molecular weight is 615 g/mol. The van der Waals surface area contributed by atoms with Crippen LogP contribution in [-0.2, 0) is 23.9 Å². The zero-order chi connectivity index (χ0) is 32.3. The number of aliphatic hydroxyl groups excluding tert-OH is 1. The zero-order valence-corrected chi connectivity index (χ0v) is 25.9. The lowest BCUT2D eigenvalue weighted by Gasteiger charge is -2.35. The molecule has 1 aliphatic rings. The number of esters is 1. The number of ether oxygens (including phenoxy) is 2. The summed E-state index contributed by atoms with van der Waals surface area (Å²) in [5, 5.41) is 16.7. The summed E-state index contributed by atoms with van der Waals surface area (Å²) >= 11 is 0. The van der Waals surface area contributed by atoms with Gasteiger partial charge in [-0.2, -0.15) is 0 Å². The van der Waals surface area contributed by atoms with Gasteiger partial charge in [-0.05, 0) is 41.0 Å². The number of anilines is 1.